The van der Waals surface area contributed by atoms with E-state index in [-0.39, 0.29) is 23.6 Å². The normalized spacial score (nSPS) is 33.6. The average molecular weight is 368 g/mol. The van der Waals surface area contributed by atoms with E-state index in [1.165, 1.54) is 17.7 Å². The number of carboxylic acids is 1. The number of aliphatic hydroxyl groups is 1. The van der Waals surface area contributed by atoms with Gasteiger partial charge in [-0.05, 0) is 32.9 Å². The lowest BCUT2D eigenvalue weighted by Crippen LogP contribution is -2.63. The van der Waals surface area contributed by atoms with Gasteiger partial charge in [-0.2, -0.15) is 0 Å². The molecule has 0 saturated carbocycles. The predicted molar refractivity (Wildman–Crippen MR) is 97.0 cm³/mol. The van der Waals surface area contributed by atoms with Crippen LogP contribution in [0.5, 0.6) is 0 Å². The second-order valence-electron chi connectivity index (χ2n) is 7.45. The fourth-order valence-corrected chi connectivity index (χ4v) is 5.86. The maximum Gasteiger partial charge on any atom is 0.353 e. The molecule has 7 heteroatoms. The summed E-state index contributed by atoms with van der Waals surface area (Å²) in [5.74, 6) is -1.80. The standard InChI is InChI=1S/C18H28N2O4S/c1-4-5-7-19-8-6-12(9-19)25-16-10(2)14-13(11(3)21)17(22)20(14)15(16)18(23)24/h10-14,21H,4-9H2,1-3H3,(H,23,24)/t10-,11-,12-,13-,14-/m1/s1. The third-order valence-corrected chi connectivity index (χ3v) is 7.20. The van der Waals surface area contributed by atoms with Crippen LogP contribution in [0.1, 0.15) is 40.0 Å². The zero-order chi connectivity index (χ0) is 18.3. The lowest BCUT2D eigenvalue weighted by atomic mass is 9.79. The Kier molecular flexibility index (Phi) is 5.46. The fourth-order valence-electron chi connectivity index (χ4n) is 4.34. The number of aliphatic hydroxyl groups excluding tert-OH is 1. The van der Waals surface area contributed by atoms with Gasteiger partial charge in [-0.25, -0.2) is 4.79 Å². The molecule has 1 amide bonds. The molecule has 2 N–H and O–H groups in total. The van der Waals surface area contributed by atoms with Crippen molar-refractivity contribution in [2.45, 2.75) is 57.4 Å². The molecule has 0 aromatic carbocycles. The lowest BCUT2D eigenvalue weighted by molar-refractivity contribution is -0.163. The number of aliphatic carboxylic acids is 1. The Balaban J connectivity index is 1.74. The molecular formula is C18H28N2O4S. The second kappa shape index (κ2) is 7.29. The highest BCUT2D eigenvalue weighted by Gasteiger charge is 2.60. The molecule has 0 aromatic rings. The summed E-state index contributed by atoms with van der Waals surface area (Å²) in [6.45, 7) is 8.93. The highest BCUT2D eigenvalue weighted by molar-refractivity contribution is 8.03. The number of unbranched alkanes of at least 4 members (excludes halogenated alkanes) is 1. The van der Waals surface area contributed by atoms with Crippen molar-refractivity contribution in [3.05, 3.63) is 10.6 Å². The minimum atomic E-state index is -1.03. The molecule has 0 aliphatic carbocycles. The van der Waals surface area contributed by atoms with E-state index in [0.29, 0.717) is 5.25 Å². The average Bonchev–Trinajstić information content (AvgIpc) is 3.08. The van der Waals surface area contributed by atoms with Crippen molar-refractivity contribution in [3.63, 3.8) is 0 Å². The van der Waals surface area contributed by atoms with Crippen LogP contribution in [0.3, 0.4) is 0 Å². The molecule has 140 valence electrons. The van der Waals surface area contributed by atoms with Gasteiger partial charge >= 0.3 is 5.97 Å². The van der Waals surface area contributed by atoms with Gasteiger partial charge in [0.05, 0.1) is 18.1 Å². The van der Waals surface area contributed by atoms with Gasteiger partial charge in [0.25, 0.3) is 0 Å². The number of thioether (sulfide) groups is 1. The van der Waals surface area contributed by atoms with Gasteiger partial charge in [-0.1, -0.05) is 20.3 Å². The smallest absolute Gasteiger partial charge is 0.353 e. The van der Waals surface area contributed by atoms with Crippen molar-refractivity contribution in [2.75, 3.05) is 19.6 Å². The summed E-state index contributed by atoms with van der Waals surface area (Å²) in [6, 6.07) is -0.210. The molecular weight excluding hydrogens is 340 g/mol. The number of carbonyl (C=O) groups excluding carboxylic acids is 1. The summed E-state index contributed by atoms with van der Waals surface area (Å²) in [5.41, 5.74) is 0.149. The molecule has 0 spiro atoms. The minimum absolute atomic E-state index is 0.0295. The van der Waals surface area contributed by atoms with Crippen LogP contribution in [0.15, 0.2) is 10.6 Å². The molecule has 0 unspecified atom stereocenters. The maximum absolute atomic E-state index is 12.3. The number of β-lactam (4-membered cyclic amide) rings is 1. The van der Waals surface area contributed by atoms with Crippen molar-refractivity contribution in [3.8, 4) is 0 Å². The van der Waals surface area contributed by atoms with Crippen LogP contribution in [0.4, 0.5) is 0 Å². The molecule has 3 aliphatic rings. The number of carboxylic acid groups (broad SMARTS) is 1. The first-order valence-electron chi connectivity index (χ1n) is 9.24. The highest BCUT2D eigenvalue weighted by atomic mass is 32.2. The Morgan fingerprint density at radius 1 is 1.44 bits per heavy atom. The summed E-state index contributed by atoms with van der Waals surface area (Å²) in [6.07, 6.45) is 2.68. The van der Waals surface area contributed by atoms with Crippen molar-refractivity contribution < 1.29 is 19.8 Å². The van der Waals surface area contributed by atoms with Crippen molar-refractivity contribution in [1.29, 1.82) is 0 Å². The van der Waals surface area contributed by atoms with Gasteiger partial charge in [0, 0.05) is 22.6 Å². The van der Waals surface area contributed by atoms with Gasteiger partial charge in [-0.3, -0.25) is 4.79 Å². The lowest BCUT2D eigenvalue weighted by Gasteiger charge is -2.46. The van der Waals surface area contributed by atoms with E-state index in [1.54, 1.807) is 18.7 Å². The third kappa shape index (κ3) is 3.22. The van der Waals surface area contributed by atoms with Gasteiger partial charge < -0.3 is 20.0 Å². The van der Waals surface area contributed by atoms with E-state index < -0.39 is 18.0 Å². The summed E-state index contributed by atoms with van der Waals surface area (Å²) in [5, 5.41) is 19.9. The number of hydrogen-bond acceptors (Lipinski definition) is 5. The molecule has 3 rings (SSSR count). The minimum Gasteiger partial charge on any atom is -0.477 e. The Morgan fingerprint density at radius 2 is 2.16 bits per heavy atom. The van der Waals surface area contributed by atoms with Gasteiger partial charge in [0.2, 0.25) is 5.91 Å². The molecule has 0 radical (unpaired) electrons. The van der Waals surface area contributed by atoms with E-state index in [0.717, 1.165) is 31.0 Å². The summed E-state index contributed by atoms with van der Waals surface area (Å²) in [7, 11) is 0. The number of amides is 1. The first kappa shape index (κ1) is 18.7. The molecule has 3 heterocycles. The van der Waals surface area contributed by atoms with Crippen LogP contribution in [0.25, 0.3) is 0 Å². The van der Waals surface area contributed by atoms with Crippen molar-refractivity contribution in [2.24, 2.45) is 11.8 Å². The predicted octanol–water partition coefficient (Wildman–Crippen LogP) is 1.75. The van der Waals surface area contributed by atoms with Crippen molar-refractivity contribution in [1.82, 2.24) is 9.80 Å². The Bertz CT molecular complexity index is 592. The summed E-state index contributed by atoms with van der Waals surface area (Å²) >= 11 is 1.64. The number of nitrogens with zero attached hydrogens (tertiary/aromatic N) is 2. The van der Waals surface area contributed by atoms with Gasteiger partial charge in [-0.15, -0.1) is 11.8 Å². The van der Waals surface area contributed by atoms with Crippen LogP contribution < -0.4 is 0 Å². The fraction of sp³-hybridized carbons (Fsp3) is 0.778. The monoisotopic (exact) mass is 368 g/mol. The maximum atomic E-state index is 12.3. The van der Waals surface area contributed by atoms with Crippen LogP contribution >= 0.6 is 11.8 Å². The number of carbonyl (C=O) groups is 2. The second-order valence-corrected chi connectivity index (χ2v) is 8.80. The molecule has 0 aromatic heterocycles. The molecule has 6 nitrogen and oxygen atoms in total. The quantitative estimate of drug-likeness (QED) is 0.667. The third-order valence-electron chi connectivity index (χ3n) is 5.66. The van der Waals surface area contributed by atoms with Crippen molar-refractivity contribution >= 4 is 23.6 Å². The topological polar surface area (TPSA) is 81.1 Å². The number of rotatable bonds is 7. The first-order valence-corrected chi connectivity index (χ1v) is 10.1. The molecule has 5 atom stereocenters. The van der Waals surface area contributed by atoms with Crippen LogP contribution in [-0.4, -0.2) is 68.9 Å². The Hall–Kier alpha value is -1.05. The largest absolute Gasteiger partial charge is 0.477 e. The molecule has 2 fully saturated rings. The SMILES string of the molecule is CCCCN1CC[C@@H](SC2=C(C(=O)O)N3C(=O)[C@H]([C@@H](C)O)[C@H]3[C@H]2C)C1. The molecule has 2 saturated heterocycles. The highest BCUT2D eigenvalue weighted by Crippen LogP contribution is 2.51. The van der Waals surface area contributed by atoms with E-state index in [9.17, 15) is 19.8 Å². The van der Waals surface area contributed by atoms with Crippen LogP contribution in [0.2, 0.25) is 0 Å². The number of fused-ring (bicyclic) bond motifs is 1. The van der Waals surface area contributed by atoms with E-state index in [1.807, 2.05) is 6.92 Å². The van der Waals surface area contributed by atoms with E-state index >= 15 is 0 Å². The van der Waals surface area contributed by atoms with Crippen LogP contribution in [0, 0.1) is 11.8 Å². The van der Waals surface area contributed by atoms with Gasteiger partial charge in [0.1, 0.15) is 5.70 Å². The first-order chi connectivity index (χ1) is 11.9. The van der Waals surface area contributed by atoms with Gasteiger partial charge in [0.15, 0.2) is 0 Å². The van der Waals surface area contributed by atoms with E-state index in [2.05, 4.69) is 11.8 Å². The zero-order valence-electron chi connectivity index (χ0n) is 15.1. The number of hydrogen-bond donors (Lipinski definition) is 2. The summed E-state index contributed by atoms with van der Waals surface area (Å²) in [4.78, 5) is 28.8. The molecule has 3 aliphatic heterocycles. The number of likely N-dealkylation sites (tertiary alicyclic amines) is 1. The summed E-state index contributed by atoms with van der Waals surface area (Å²) < 4.78 is 0. The molecule has 0 bridgehead atoms. The zero-order valence-corrected chi connectivity index (χ0v) is 16.0. The Morgan fingerprint density at radius 3 is 2.76 bits per heavy atom. The Labute approximate surface area is 153 Å². The van der Waals surface area contributed by atoms with Crippen LogP contribution in [-0.2, 0) is 9.59 Å². The van der Waals surface area contributed by atoms with E-state index in [4.69, 9.17) is 0 Å². The molecule has 25 heavy (non-hydrogen) atoms.